The number of aryl methyl sites for hydroxylation is 1. The number of aromatic nitrogens is 4. The van der Waals surface area contributed by atoms with Crippen LogP contribution in [0.15, 0.2) is 48.1 Å². The maximum atomic E-state index is 13.1. The number of oxime groups is 1. The molecule has 4 rings (SSSR count). The quantitative estimate of drug-likeness (QED) is 0.292. The number of anilines is 3. The highest BCUT2D eigenvalue weighted by atomic mass is 19.1. The van der Waals surface area contributed by atoms with E-state index >= 15 is 0 Å². The Morgan fingerprint density at radius 1 is 1.28 bits per heavy atom. The molecule has 1 fully saturated rings. The fraction of sp³-hybridized carbons (Fsp3) is 0.273. The average molecular weight is 435 g/mol. The summed E-state index contributed by atoms with van der Waals surface area (Å²) in [5.74, 6) is -0.150. The lowest BCUT2D eigenvalue weighted by molar-refractivity contribution is -0.117. The SMILES string of the molecule is CC/C(=N/O)c1cc(C)c(Nc2ncccc2-c2cc(NC(=O)[C@H]3C[C@H]3F)ncn2)cn1. The number of carbonyl (C=O) groups is 1. The Morgan fingerprint density at radius 2 is 2.09 bits per heavy atom. The van der Waals surface area contributed by atoms with Crippen LogP contribution in [0.2, 0.25) is 0 Å². The van der Waals surface area contributed by atoms with E-state index in [-0.39, 0.29) is 12.3 Å². The third kappa shape index (κ3) is 4.53. The molecule has 10 heteroatoms. The molecule has 0 spiro atoms. The molecule has 0 aromatic carbocycles. The van der Waals surface area contributed by atoms with E-state index in [1.807, 2.05) is 26.0 Å². The van der Waals surface area contributed by atoms with Crippen LogP contribution < -0.4 is 10.6 Å². The van der Waals surface area contributed by atoms with Crippen LogP contribution in [0.5, 0.6) is 0 Å². The minimum atomic E-state index is -1.08. The Labute approximate surface area is 183 Å². The number of amides is 1. The number of halogens is 1. The van der Waals surface area contributed by atoms with Gasteiger partial charge < -0.3 is 15.8 Å². The summed E-state index contributed by atoms with van der Waals surface area (Å²) in [4.78, 5) is 29.2. The summed E-state index contributed by atoms with van der Waals surface area (Å²) in [6.45, 7) is 3.80. The van der Waals surface area contributed by atoms with Gasteiger partial charge in [0.1, 0.15) is 29.8 Å². The summed E-state index contributed by atoms with van der Waals surface area (Å²) >= 11 is 0. The molecule has 3 aromatic rings. The van der Waals surface area contributed by atoms with Gasteiger partial charge in [0, 0.05) is 17.8 Å². The molecule has 32 heavy (non-hydrogen) atoms. The second-order valence-electron chi connectivity index (χ2n) is 7.45. The fourth-order valence-corrected chi connectivity index (χ4v) is 3.21. The molecular weight excluding hydrogens is 413 g/mol. The molecule has 0 unspecified atom stereocenters. The van der Waals surface area contributed by atoms with E-state index in [9.17, 15) is 9.18 Å². The largest absolute Gasteiger partial charge is 0.411 e. The van der Waals surface area contributed by atoms with Crippen molar-refractivity contribution in [2.75, 3.05) is 10.6 Å². The van der Waals surface area contributed by atoms with Crippen molar-refractivity contribution in [3.63, 3.8) is 0 Å². The first-order valence-corrected chi connectivity index (χ1v) is 10.2. The van der Waals surface area contributed by atoms with Crippen LogP contribution in [0.1, 0.15) is 31.0 Å². The van der Waals surface area contributed by atoms with Gasteiger partial charge in [-0.05, 0) is 43.5 Å². The smallest absolute Gasteiger partial charge is 0.231 e. The topological polar surface area (TPSA) is 125 Å². The Bertz CT molecular complexity index is 1180. The molecule has 164 valence electrons. The molecule has 1 saturated carbocycles. The summed E-state index contributed by atoms with van der Waals surface area (Å²) in [6, 6.07) is 7.07. The number of nitrogens with one attached hydrogen (secondary N) is 2. The number of alkyl halides is 1. The Hall–Kier alpha value is -3.95. The van der Waals surface area contributed by atoms with Crippen LogP contribution in [0.4, 0.5) is 21.7 Å². The molecule has 0 bridgehead atoms. The van der Waals surface area contributed by atoms with Crippen LogP contribution >= 0.6 is 0 Å². The van der Waals surface area contributed by atoms with Gasteiger partial charge in [0.25, 0.3) is 0 Å². The second-order valence-corrected chi connectivity index (χ2v) is 7.45. The molecule has 1 aliphatic rings. The first-order valence-electron chi connectivity index (χ1n) is 10.2. The summed E-state index contributed by atoms with van der Waals surface area (Å²) in [6.07, 6.45) is 4.36. The van der Waals surface area contributed by atoms with Gasteiger partial charge >= 0.3 is 0 Å². The van der Waals surface area contributed by atoms with E-state index in [2.05, 4.69) is 35.7 Å². The zero-order chi connectivity index (χ0) is 22.7. The third-order valence-corrected chi connectivity index (χ3v) is 5.17. The van der Waals surface area contributed by atoms with Gasteiger partial charge in [0.15, 0.2) is 0 Å². The lowest BCUT2D eigenvalue weighted by Gasteiger charge is -2.13. The highest BCUT2D eigenvalue weighted by molar-refractivity contribution is 5.98. The first-order chi connectivity index (χ1) is 15.5. The van der Waals surface area contributed by atoms with E-state index in [0.717, 1.165) is 11.3 Å². The van der Waals surface area contributed by atoms with E-state index in [0.29, 0.717) is 40.7 Å². The summed E-state index contributed by atoms with van der Waals surface area (Å²) in [7, 11) is 0. The molecule has 3 N–H and O–H groups in total. The molecule has 1 amide bonds. The van der Waals surface area contributed by atoms with Gasteiger partial charge in [-0.2, -0.15) is 0 Å². The van der Waals surface area contributed by atoms with Crippen molar-refractivity contribution in [2.24, 2.45) is 11.1 Å². The zero-order valence-corrected chi connectivity index (χ0v) is 17.6. The van der Waals surface area contributed by atoms with Crippen molar-refractivity contribution in [3.05, 3.63) is 54.2 Å². The van der Waals surface area contributed by atoms with Crippen molar-refractivity contribution >= 4 is 28.9 Å². The Balaban J connectivity index is 1.59. The first kappa shape index (κ1) is 21.3. The van der Waals surface area contributed by atoms with Gasteiger partial charge in [-0.1, -0.05) is 12.1 Å². The second kappa shape index (κ2) is 9.04. The highest BCUT2D eigenvalue weighted by Gasteiger charge is 2.43. The minimum Gasteiger partial charge on any atom is -0.411 e. The van der Waals surface area contributed by atoms with Crippen LogP contribution in [0, 0.1) is 12.8 Å². The highest BCUT2D eigenvalue weighted by Crippen LogP contribution is 2.35. The number of nitrogens with zero attached hydrogens (tertiary/aromatic N) is 5. The lowest BCUT2D eigenvalue weighted by Crippen LogP contribution is -2.16. The molecule has 3 heterocycles. The monoisotopic (exact) mass is 435 g/mol. The van der Waals surface area contributed by atoms with Crippen LogP contribution in [-0.2, 0) is 4.79 Å². The molecule has 0 aliphatic heterocycles. The summed E-state index contributed by atoms with van der Waals surface area (Å²) in [5, 5.41) is 18.3. The molecule has 9 nitrogen and oxygen atoms in total. The van der Waals surface area contributed by atoms with Crippen LogP contribution in [0.25, 0.3) is 11.3 Å². The third-order valence-electron chi connectivity index (χ3n) is 5.17. The van der Waals surface area contributed by atoms with Gasteiger partial charge in [0.05, 0.1) is 29.2 Å². The number of hydrogen-bond donors (Lipinski definition) is 3. The predicted molar refractivity (Wildman–Crippen MR) is 118 cm³/mol. The van der Waals surface area contributed by atoms with Crippen molar-refractivity contribution in [2.45, 2.75) is 32.9 Å². The normalized spacial score (nSPS) is 17.7. The molecule has 1 aliphatic carbocycles. The maximum Gasteiger partial charge on any atom is 0.231 e. The summed E-state index contributed by atoms with van der Waals surface area (Å²) in [5.41, 5.74) is 3.95. The van der Waals surface area contributed by atoms with Gasteiger partial charge in [-0.3, -0.25) is 9.78 Å². The van der Waals surface area contributed by atoms with Gasteiger partial charge in [-0.25, -0.2) is 19.3 Å². The van der Waals surface area contributed by atoms with Gasteiger partial charge in [0.2, 0.25) is 5.91 Å². The fourth-order valence-electron chi connectivity index (χ4n) is 3.21. The van der Waals surface area contributed by atoms with Crippen molar-refractivity contribution in [1.82, 2.24) is 19.9 Å². The van der Waals surface area contributed by atoms with Crippen LogP contribution in [-0.4, -0.2) is 42.9 Å². The van der Waals surface area contributed by atoms with E-state index in [4.69, 9.17) is 5.21 Å². The summed E-state index contributed by atoms with van der Waals surface area (Å²) < 4.78 is 13.1. The number of rotatable bonds is 7. The molecule has 0 radical (unpaired) electrons. The number of pyridine rings is 2. The van der Waals surface area contributed by atoms with E-state index < -0.39 is 12.1 Å². The Morgan fingerprint density at radius 3 is 2.78 bits per heavy atom. The van der Waals surface area contributed by atoms with Crippen molar-refractivity contribution in [1.29, 1.82) is 0 Å². The number of hydrogen-bond acceptors (Lipinski definition) is 8. The van der Waals surface area contributed by atoms with E-state index in [1.165, 1.54) is 6.33 Å². The Kier molecular flexibility index (Phi) is 6.02. The number of carbonyl (C=O) groups excluding carboxylic acids is 1. The average Bonchev–Trinajstić information content (AvgIpc) is 3.54. The minimum absolute atomic E-state index is 0.247. The van der Waals surface area contributed by atoms with Crippen molar-refractivity contribution in [3.8, 4) is 11.3 Å². The molecular formula is C22H22FN7O2. The van der Waals surface area contributed by atoms with Crippen LogP contribution in [0.3, 0.4) is 0 Å². The lowest BCUT2D eigenvalue weighted by atomic mass is 10.1. The van der Waals surface area contributed by atoms with E-state index in [1.54, 1.807) is 24.5 Å². The molecule has 3 aromatic heterocycles. The maximum absolute atomic E-state index is 13.1. The molecule has 0 saturated heterocycles. The predicted octanol–water partition coefficient (Wildman–Crippen LogP) is 3.87. The van der Waals surface area contributed by atoms with Crippen molar-refractivity contribution < 1.29 is 14.4 Å². The zero-order valence-electron chi connectivity index (χ0n) is 17.6. The van der Waals surface area contributed by atoms with Gasteiger partial charge in [-0.15, -0.1) is 0 Å². The molecule has 2 atom stereocenters. The standard InChI is InChI=1S/C22H22FN7O2/c1-3-16(30-32)18-7-12(2)19(10-25-18)28-21-13(5-4-6-24-21)17-9-20(27-11-26-17)29-22(31)14-8-15(14)23/h4-7,9-11,14-15,32H,3,8H2,1-2H3,(H,24,28)(H,26,27,29,31)/b30-16-/t14-,15+/m0/s1.